The molecule has 0 spiro atoms. The quantitative estimate of drug-likeness (QED) is 0.518. The highest BCUT2D eigenvalue weighted by Crippen LogP contribution is 2.24. The van der Waals surface area contributed by atoms with Crippen molar-refractivity contribution in [2.24, 2.45) is 0 Å². The second kappa shape index (κ2) is 2.38. The van der Waals surface area contributed by atoms with Crippen LogP contribution >= 0.6 is 0 Å². The Morgan fingerprint density at radius 3 is 2.10 bits per heavy atom. The van der Waals surface area contributed by atoms with Crippen LogP contribution in [0.25, 0.3) is 0 Å². The van der Waals surface area contributed by atoms with Gasteiger partial charge in [-0.3, -0.25) is 4.90 Å². The summed E-state index contributed by atoms with van der Waals surface area (Å²) < 4.78 is 46.3. The predicted molar refractivity (Wildman–Crippen MR) is 26.8 cm³/mol. The molecule has 0 aliphatic carbocycles. The van der Waals surface area contributed by atoms with Gasteiger partial charge in [-0.05, 0) is 0 Å². The van der Waals surface area contributed by atoms with E-state index in [1.165, 1.54) is 0 Å². The summed E-state index contributed by atoms with van der Waals surface area (Å²) in [6.45, 7) is -1.31. The number of halogens is 4. The van der Waals surface area contributed by atoms with E-state index in [1.807, 2.05) is 0 Å². The molecule has 1 radical (unpaired) electrons. The van der Waals surface area contributed by atoms with E-state index in [0.717, 1.165) is 4.90 Å². The molecule has 0 aromatic rings. The van der Waals surface area contributed by atoms with Gasteiger partial charge >= 0.3 is 6.18 Å². The highest BCUT2D eigenvalue weighted by Gasteiger charge is 2.37. The third-order valence-corrected chi connectivity index (χ3v) is 1.19. The minimum Gasteiger partial charge on any atom is -0.288 e. The Bertz CT molecular complexity index is 115. The second-order valence-corrected chi connectivity index (χ2v) is 2.28. The van der Waals surface area contributed by atoms with E-state index < -0.39 is 12.7 Å². The standard InChI is InChI=1S/C5H6F4N/c6-4-1-10(2-4)3-5(7,8)9/h1-3H2. The number of rotatable bonds is 1. The van der Waals surface area contributed by atoms with Gasteiger partial charge in [0, 0.05) is 13.1 Å². The maximum atomic E-state index is 11.9. The van der Waals surface area contributed by atoms with Gasteiger partial charge in [-0.25, -0.2) is 4.39 Å². The molecule has 0 aromatic heterocycles. The summed E-state index contributed by atoms with van der Waals surface area (Å²) in [5.41, 5.74) is 0. The molecule has 0 bridgehead atoms. The molecule has 0 saturated carbocycles. The molecule has 1 aliphatic heterocycles. The van der Waals surface area contributed by atoms with Crippen molar-refractivity contribution in [2.75, 3.05) is 19.6 Å². The Morgan fingerprint density at radius 2 is 1.80 bits per heavy atom. The summed E-state index contributed by atoms with van der Waals surface area (Å²) in [6, 6.07) is 0. The van der Waals surface area contributed by atoms with Crippen LogP contribution < -0.4 is 0 Å². The third kappa shape index (κ3) is 2.13. The van der Waals surface area contributed by atoms with Gasteiger partial charge in [-0.1, -0.05) is 0 Å². The van der Waals surface area contributed by atoms with Crippen molar-refractivity contribution in [1.29, 1.82) is 0 Å². The molecular weight excluding hydrogens is 150 g/mol. The van der Waals surface area contributed by atoms with E-state index in [1.54, 1.807) is 0 Å². The fourth-order valence-corrected chi connectivity index (χ4v) is 0.804. The maximum absolute atomic E-state index is 11.9. The minimum absolute atomic E-state index is 0.153. The minimum atomic E-state index is -4.19. The summed E-state index contributed by atoms with van der Waals surface area (Å²) >= 11 is 0. The fourth-order valence-electron chi connectivity index (χ4n) is 0.804. The van der Waals surface area contributed by atoms with Crippen LogP contribution in [0.4, 0.5) is 17.6 Å². The molecule has 5 heteroatoms. The van der Waals surface area contributed by atoms with Gasteiger partial charge in [0.1, 0.15) is 0 Å². The molecule has 1 rings (SSSR count). The molecule has 1 nitrogen and oxygen atoms in total. The van der Waals surface area contributed by atoms with E-state index in [-0.39, 0.29) is 19.3 Å². The molecule has 0 unspecified atom stereocenters. The van der Waals surface area contributed by atoms with Gasteiger partial charge in [0.25, 0.3) is 0 Å². The lowest BCUT2D eigenvalue weighted by Gasteiger charge is -2.33. The van der Waals surface area contributed by atoms with Gasteiger partial charge < -0.3 is 0 Å². The monoisotopic (exact) mass is 156 g/mol. The highest BCUT2D eigenvalue weighted by molar-refractivity contribution is 4.95. The van der Waals surface area contributed by atoms with Crippen molar-refractivity contribution in [3.05, 3.63) is 6.17 Å². The van der Waals surface area contributed by atoms with Crippen LogP contribution in [0.2, 0.25) is 0 Å². The number of likely N-dealkylation sites (tertiary alicyclic amines) is 1. The van der Waals surface area contributed by atoms with E-state index in [9.17, 15) is 17.6 Å². The van der Waals surface area contributed by atoms with Gasteiger partial charge in [-0.2, -0.15) is 13.2 Å². The first-order chi connectivity index (χ1) is 4.47. The van der Waals surface area contributed by atoms with Crippen molar-refractivity contribution >= 4 is 0 Å². The van der Waals surface area contributed by atoms with Crippen LogP contribution in [0.15, 0.2) is 0 Å². The Hall–Kier alpha value is -0.320. The number of hydrogen-bond donors (Lipinski definition) is 0. The topological polar surface area (TPSA) is 3.24 Å². The van der Waals surface area contributed by atoms with Gasteiger partial charge in [-0.15, -0.1) is 0 Å². The zero-order valence-corrected chi connectivity index (χ0v) is 5.08. The van der Waals surface area contributed by atoms with Gasteiger partial charge in [0.05, 0.1) is 6.54 Å². The van der Waals surface area contributed by atoms with Crippen molar-refractivity contribution in [3.8, 4) is 0 Å². The van der Waals surface area contributed by atoms with Crippen molar-refractivity contribution in [2.45, 2.75) is 6.18 Å². The third-order valence-electron chi connectivity index (χ3n) is 1.19. The van der Waals surface area contributed by atoms with Crippen LogP contribution in [0.1, 0.15) is 0 Å². The Balaban J connectivity index is 2.16. The lowest BCUT2D eigenvalue weighted by molar-refractivity contribution is -0.153. The second-order valence-electron chi connectivity index (χ2n) is 2.28. The van der Waals surface area contributed by atoms with Crippen LogP contribution in [0, 0.1) is 6.17 Å². The fraction of sp³-hybridized carbons (Fsp3) is 0.800. The molecule has 1 aliphatic rings. The summed E-state index contributed by atoms with van der Waals surface area (Å²) in [5, 5.41) is 0. The Morgan fingerprint density at radius 1 is 1.30 bits per heavy atom. The van der Waals surface area contributed by atoms with E-state index >= 15 is 0 Å². The summed E-state index contributed by atoms with van der Waals surface area (Å²) in [4.78, 5) is 0.995. The first-order valence-corrected chi connectivity index (χ1v) is 2.77. The smallest absolute Gasteiger partial charge is 0.288 e. The highest BCUT2D eigenvalue weighted by atomic mass is 19.4. The lowest BCUT2D eigenvalue weighted by atomic mass is 10.2. The Labute approximate surface area is 55.6 Å². The van der Waals surface area contributed by atoms with E-state index in [0.29, 0.717) is 0 Å². The molecule has 1 saturated heterocycles. The van der Waals surface area contributed by atoms with E-state index in [2.05, 4.69) is 0 Å². The molecule has 59 valence electrons. The van der Waals surface area contributed by atoms with Gasteiger partial charge in [0.15, 0.2) is 6.17 Å². The van der Waals surface area contributed by atoms with Crippen molar-refractivity contribution in [1.82, 2.24) is 4.90 Å². The van der Waals surface area contributed by atoms with E-state index in [4.69, 9.17) is 0 Å². The molecule has 10 heavy (non-hydrogen) atoms. The summed E-state index contributed by atoms with van der Waals surface area (Å²) in [5.74, 6) is 0. The molecular formula is C5H6F4N. The molecule has 1 heterocycles. The lowest BCUT2D eigenvalue weighted by Crippen LogP contribution is -2.47. The maximum Gasteiger partial charge on any atom is 0.401 e. The first-order valence-electron chi connectivity index (χ1n) is 2.77. The van der Waals surface area contributed by atoms with Gasteiger partial charge in [0.2, 0.25) is 0 Å². The van der Waals surface area contributed by atoms with Crippen molar-refractivity contribution in [3.63, 3.8) is 0 Å². The number of nitrogens with zero attached hydrogens (tertiary/aromatic N) is 1. The molecule has 0 aromatic carbocycles. The number of hydrogen-bond acceptors (Lipinski definition) is 1. The molecule has 0 atom stereocenters. The normalized spacial score (nSPS) is 22.8. The number of alkyl halides is 3. The molecule has 1 fully saturated rings. The van der Waals surface area contributed by atoms with Crippen LogP contribution in [-0.4, -0.2) is 30.7 Å². The predicted octanol–water partition coefficient (Wildman–Crippen LogP) is 1.37. The average molecular weight is 156 g/mol. The summed E-state index contributed by atoms with van der Waals surface area (Å²) in [7, 11) is 0. The van der Waals surface area contributed by atoms with Crippen molar-refractivity contribution < 1.29 is 17.6 Å². The Kier molecular flexibility index (Phi) is 1.85. The average Bonchev–Trinajstić information content (AvgIpc) is 1.57. The van der Waals surface area contributed by atoms with Crippen LogP contribution in [0.5, 0.6) is 0 Å². The SMILES string of the molecule is F[C]1CN(CC(F)(F)F)C1. The van der Waals surface area contributed by atoms with Crippen LogP contribution in [0.3, 0.4) is 0 Å². The van der Waals surface area contributed by atoms with Crippen LogP contribution in [-0.2, 0) is 0 Å². The zero-order chi connectivity index (χ0) is 7.78. The molecule has 0 amide bonds. The first kappa shape index (κ1) is 7.78. The summed E-state index contributed by atoms with van der Waals surface area (Å²) in [6.07, 6.45) is -4.56. The largest absolute Gasteiger partial charge is 0.401 e. The zero-order valence-electron chi connectivity index (χ0n) is 5.08. The molecule has 0 N–H and O–H groups in total.